The van der Waals surface area contributed by atoms with E-state index in [1.54, 1.807) is 38.7 Å². The summed E-state index contributed by atoms with van der Waals surface area (Å²) in [4.78, 5) is 36.4. The molecule has 2 amide bonds. The Morgan fingerprint density at radius 2 is 1.17 bits per heavy atom. The van der Waals surface area contributed by atoms with E-state index in [2.05, 4.69) is 99.0 Å². The molecule has 15 heteroatoms. The van der Waals surface area contributed by atoms with Crippen LogP contribution in [0, 0.1) is 13.8 Å². The van der Waals surface area contributed by atoms with E-state index < -0.39 is 16.6 Å². The van der Waals surface area contributed by atoms with E-state index in [1.807, 2.05) is 50.2 Å². The van der Waals surface area contributed by atoms with Gasteiger partial charge in [0.15, 0.2) is 16.6 Å². The number of ether oxygens (including phenoxy) is 2. The second kappa shape index (κ2) is 21.4. The lowest BCUT2D eigenvalue weighted by molar-refractivity contribution is 0.101. The van der Waals surface area contributed by atoms with E-state index in [1.165, 1.54) is 0 Å². The fraction of sp³-hybridized carbons (Fsp3) is 0.520. The van der Waals surface area contributed by atoms with Gasteiger partial charge in [-0.15, -0.1) is 0 Å². The van der Waals surface area contributed by atoms with Crippen LogP contribution in [0.3, 0.4) is 0 Å². The zero-order chi connectivity index (χ0) is 47.9. The van der Waals surface area contributed by atoms with Gasteiger partial charge in [-0.25, -0.2) is 0 Å². The Kier molecular flexibility index (Phi) is 17.0. The summed E-state index contributed by atoms with van der Waals surface area (Å²) >= 11 is 0. The highest BCUT2D eigenvalue weighted by molar-refractivity contribution is 6.74. The molecule has 13 nitrogen and oxygen atoms in total. The Morgan fingerprint density at radius 3 is 1.57 bits per heavy atom. The first kappa shape index (κ1) is 51.5. The smallest absolute Gasteiger partial charge is 0.274 e. The van der Waals surface area contributed by atoms with Crippen LogP contribution in [0.2, 0.25) is 36.3 Å². The topological polar surface area (TPSA) is 165 Å². The molecule has 2 aromatic carbocycles. The lowest BCUT2D eigenvalue weighted by Gasteiger charge is -2.39. The molecule has 0 bridgehead atoms. The van der Waals surface area contributed by atoms with Crippen LogP contribution in [-0.4, -0.2) is 89.1 Å². The average Bonchev–Trinajstić information content (AvgIpc) is 3.67. The summed E-state index contributed by atoms with van der Waals surface area (Å²) in [5, 5.41) is 23.5. The quantitative estimate of drug-likeness (QED) is 0.0569. The van der Waals surface area contributed by atoms with Crippen molar-refractivity contribution in [2.75, 3.05) is 38.1 Å². The number of amides is 2. The van der Waals surface area contributed by atoms with Gasteiger partial charge < -0.3 is 44.7 Å². The van der Waals surface area contributed by atoms with Gasteiger partial charge in [-0.3, -0.25) is 19.6 Å². The molecule has 354 valence electrons. The van der Waals surface area contributed by atoms with Gasteiger partial charge in [0.1, 0.15) is 22.9 Å². The summed E-state index contributed by atoms with van der Waals surface area (Å²) in [6.45, 7) is 28.4. The molecule has 2 heterocycles. The number of methoxy groups -OCH3 is 2. The summed E-state index contributed by atoms with van der Waals surface area (Å²) in [5.41, 5.74) is 6.83. The van der Waals surface area contributed by atoms with Crippen molar-refractivity contribution in [3.8, 4) is 22.6 Å². The Morgan fingerprint density at radius 1 is 0.723 bits per heavy atom. The summed E-state index contributed by atoms with van der Waals surface area (Å²) in [5.74, 6) is 0.350. The van der Waals surface area contributed by atoms with Crippen LogP contribution in [-0.2, 0) is 21.9 Å². The number of rotatable bonds is 19. The lowest BCUT2D eigenvalue weighted by atomic mass is 9.94. The van der Waals surface area contributed by atoms with E-state index in [0.717, 1.165) is 52.6 Å². The third kappa shape index (κ3) is 12.9. The zero-order valence-electron chi connectivity index (χ0n) is 41.2. The number of aliphatic hydroxyl groups is 1. The highest BCUT2D eigenvalue weighted by atomic mass is 28.4. The van der Waals surface area contributed by atoms with Crippen molar-refractivity contribution in [1.82, 2.24) is 20.6 Å². The minimum Gasteiger partial charge on any atom is -0.496 e. The summed E-state index contributed by atoms with van der Waals surface area (Å²) < 4.78 is 24.8. The molecule has 2 aromatic heterocycles. The summed E-state index contributed by atoms with van der Waals surface area (Å²) in [6.07, 6.45) is 5.67. The molecule has 0 radical (unpaired) electrons. The Bertz CT molecular complexity index is 2260. The van der Waals surface area contributed by atoms with Crippen molar-refractivity contribution < 1.29 is 33.0 Å². The predicted molar refractivity (Wildman–Crippen MR) is 266 cm³/mol. The maximum atomic E-state index is 13.8. The number of nitrogens with zero attached hydrogens (tertiary/aromatic N) is 2. The second-order valence-electron chi connectivity index (χ2n) is 20.3. The molecule has 2 atom stereocenters. The number of nitrogens with one attached hydrogen (secondary N) is 4. The molecule has 4 aromatic rings. The van der Waals surface area contributed by atoms with Crippen LogP contribution >= 0.6 is 0 Å². The molecule has 0 spiro atoms. The van der Waals surface area contributed by atoms with Crippen molar-refractivity contribution in [2.24, 2.45) is 0 Å². The fourth-order valence-electron chi connectivity index (χ4n) is 7.21. The molecule has 1 fully saturated rings. The number of aliphatic hydroxyl groups excluding tert-OH is 1. The molecule has 0 saturated heterocycles. The van der Waals surface area contributed by atoms with Crippen LogP contribution < -0.4 is 30.7 Å². The van der Waals surface area contributed by atoms with Crippen LogP contribution in [0.15, 0.2) is 60.9 Å². The van der Waals surface area contributed by atoms with Gasteiger partial charge in [0.05, 0.1) is 39.6 Å². The van der Waals surface area contributed by atoms with Crippen LogP contribution in [0.4, 0.5) is 11.4 Å². The largest absolute Gasteiger partial charge is 0.496 e. The lowest BCUT2D eigenvalue weighted by Crippen LogP contribution is -2.49. The van der Waals surface area contributed by atoms with Crippen molar-refractivity contribution in [3.05, 3.63) is 94.6 Å². The Labute approximate surface area is 389 Å². The van der Waals surface area contributed by atoms with Crippen molar-refractivity contribution in [3.63, 3.8) is 0 Å². The highest BCUT2D eigenvalue weighted by Crippen LogP contribution is 2.39. The third-order valence-electron chi connectivity index (χ3n) is 13.8. The van der Waals surface area contributed by atoms with Crippen molar-refractivity contribution >= 4 is 39.8 Å². The van der Waals surface area contributed by atoms with E-state index in [4.69, 9.17) is 18.3 Å². The Hall–Kier alpha value is -4.49. The number of carbonyl (C=O) groups is 2. The van der Waals surface area contributed by atoms with E-state index >= 15 is 0 Å². The minimum atomic E-state index is -2.01. The number of hydrogen-bond acceptors (Lipinski definition) is 11. The molecule has 5 rings (SSSR count). The molecular weight excluding hydrogens is 853 g/mol. The number of anilines is 2. The van der Waals surface area contributed by atoms with Crippen LogP contribution in [0.25, 0.3) is 11.1 Å². The van der Waals surface area contributed by atoms with Gasteiger partial charge in [-0.05, 0) is 104 Å². The number of aromatic nitrogens is 2. The number of benzene rings is 2. The van der Waals surface area contributed by atoms with Gasteiger partial charge in [0.25, 0.3) is 11.8 Å². The van der Waals surface area contributed by atoms with Gasteiger partial charge in [0, 0.05) is 66.2 Å². The molecular formula is C50H74N6O7Si2. The first-order valence-corrected chi connectivity index (χ1v) is 28.6. The van der Waals surface area contributed by atoms with Gasteiger partial charge in [-0.1, -0.05) is 65.8 Å². The predicted octanol–water partition coefficient (Wildman–Crippen LogP) is 9.79. The van der Waals surface area contributed by atoms with Gasteiger partial charge in [0.2, 0.25) is 0 Å². The highest BCUT2D eigenvalue weighted by Gasteiger charge is 2.40. The van der Waals surface area contributed by atoms with E-state index in [9.17, 15) is 14.7 Å². The maximum absolute atomic E-state index is 13.8. The molecule has 0 aliphatic heterocycles. The maximum Gasteiger partial charge on any atom is 0.274 e. The zero-order valence-corrected chi connectivity index (χ0v) is 43.2. The fourth-order valence-corrected chi connectivity index (χ4v) is 9.32. The van der Waals surface area contributed by atoms with E-state index in [0.29, 0.717) is 49.2 Å². The molecule has 1 aliphatic carbocycles. The van der Waals surface area contributed by atoms with Crippen molar-refractivity contribution in [1.29, 1.82) is 0 Å². The molecule has 0 unspecified atom stereocenters. The third-order valence-corrected chi connectivity index (χ3v) is 22.8. The number of carbonyl (C=O) groups excluding carboxylic acids is 2. The summed E-state index contributed by atoms with van der Waals surface area (Å²) in [6, 6.07) is 14.8. The first-order chi connectivity index (χ1) is 30.5. The SMILES string of the molecule is COc1cc(C(=O)Nc2cccc(-c3cccc(NC(=O)c4cc(OC)c(CN[C@H]5CCC[C@@H]5O)cn4)c3C)c2C)ncc1CNC(CO[Si](C)(C)C(C)(C)C)CO[Si](C)(C)C(C)(C)C. The monoisotopic (exact) mass is 927 g/mol. The second-order valence-corrected chi connectivity index (χ2v) is 30.0. The first-order valence-electron chi connectivity index (χ1n) is 22.8. The van der Waals surface area contributed by atoms with E-state index in [-0.39, 0.29) is 51.5 Å². The number of pyridine rings is 2. The standard InChI is InChI=1S/C50H74N6O7Si2/c1-32-37(38-19-16-21-40(33(38)2)56-48(59)43-25-46(61-10)35(29-54-43)27-52-41-22-17-23-44(41)57)18-15-20-39(32)55-47(58)42-24-45(60-9)34(28-53-42)26-51-36(30-62-64(11,12)49(3,4)5)31-63-65(13,14)50(6,7)8/h15-16,18-21,24-25,28-29,36,41,44,51-52,57H,17,22-23,26-27,30-31H2,1-14H3,(H,55,58)(H,56,59)/t41-,44-/m0/s1. The average molecular weight is 927 g/mol. The minimum absolute atomic E-state index is 0.0300. The summed E-state index contributed by atoms with van der Waals surface area (Å²) in [7, 11) is -0.862. The van der Waals surface area contributed by atoms with Crippen LogP contribution in [0.5, 0.6) is 11.5 Å². The molecule has 1 saturated carbocycles. The normalized spacial score (nSPS) is 15.9. The van der Waals surface area contributed by atoms with Gasteiger partial charge >= 0.3 is 0 Å². The molecule has 65 heavy (non-hydrogen) atoms. The van der Waals surface area contributed by atoms with Crippen LogP contribution in [0.1, 0.15) is 104 Å². The number of hydrogen-bond donors (Lipinski definition) is 5. The molecule has 5 N–H and O–H groups in total. The Balaban J connectivity index is 1.27. The van der Waals surface area contributed by atoms with Gasteiger partial charge in [-0.2, -0.15) is 0 Å². The molecule has 1 aliphatic rings. The van der Waals surface area contributed by atoms with Crippen molar-refractivity contribution in [2.45, 2.75) is 142 Å².